The van der Waals surface area contributed by atoms with Gasteiger partial charge in [0.2, 0.25) is 5.88 Å². The average Bonchev–Trinajstić information content (AvgIpc) is 2.43. The minimum absolute atomic E-state index is 0.473. The molecule has 0 spiro atoms. The largest absolute Gasteiger partial charge is 0.479 e. The van der Waals surface area contributed by atoms with Gasteiger partial charge in [-0.25, -0.2) is 9.97 Å². The summed E-state index contributed by atoms with van der Waals surface area (Å²) < 4.78 is 11.1. The molecule has 0 aromatic carbocycles. The Bertz CT molecular complexity index is 453. The second-order valence-electron chi connectivity index (χ2n) is 2.53. The molecule has 0 aliphatic carbocycles. The Morgan fingerprint density at radius 3 is 2.92 bits per heavy atom. The van der Waals surface area contributed by atoms with Crippen LogP contribution in [-0.4, -0.2) is 17.1 Å². The van der Waals surface area contributed by atoms with Crippen molar-refractivity contribution in [3.05, 3.63) is 16.6 Å². The number of hydrogen-bond donors (Lipinski definition) is 0. The summed E-state index contributed by atoms with van der Waals surface area (Å²) in [5, 5.41) is 0. The molecule has 5 heteroatoms. The molecule has 0 bridgehead atoms. The highest BCUT2D eigenvalue weighted by molar-refractivity contribution is 9.10. The molecule has 0 aliphatic heterocycles. The Hall–Kier alpha value is -1.10. The zero-order chi connectivity index (χ0) is 9.42. The molecule has 2 heterocycles. The van der Waals surface area contributed by atoms with E-state index in [0.717, 1.165) is 0 Å². The van der Waals surface area contributed by atoms with Crippen molar-refractivity contribution in [1.82, 2.24) is 9.97 Å². The summed E-state index contributed by atoms with van der Waals surface area (Å²) in [6.45, 7) is 1.79. The minimum atomic E-state index is 0.473. The van der Waals surface area contributed by atoms with Gasteiger partial charge >= 0.3 is 0 Å². The topological polar surface area (TPSA) is 48.2 Å². The van der Waals surface area contributed by atoms with Crippen molar-refractivity contribution in [2.24, 2.45) is 0 Å². The van der Waals surface area contributed by atoms with Crippen LogP contribution in [0.25, 0.3) is 11.1 Å². The first-order valence-corrected chi connectivity index (χ1v) is 4.47. The normalized spacial score (nSPS) is 10.7. The van der Waals surface area contributed by atoms with Gasteiger partial charge in [-0.2, -0.15) is 0 Å². The van der Waals surface area contributed by atoms with Gasteiger partial charge in [0.1, 0.15) is 4.60 Å². The van der Waals surface area contributed by atoms with Gasteiger partial charge in [0.15, 0.2) is 17.0 Å². The Kier molecular flexibility index (Phi) is 1.95. The van der Waals surface area contributed by atoms with Gasteiger partial charge in [0.25, 0.3) is 0 Å². The van der Waals surface area contributed by atoms with Crippen LogP contribution in [-0.2, 0) is 0 Å². The van der Waals surface area contributed by atoms with Gasteiger partial charge in [-0.1, -0.05) is 0 Å². The maximum Gasteiger partial charge on any atom is 0.244 e. The fourth-order valence-corrected chi connectivity index (χ4v) is 1.50. The predicted octanol–water partition coefficient (Wildman–Crippen LogP) is 2.30. The number of methoxy groups -OCH3 is 1. The number of fused-ring (bicyclic) bond motifs is 1. The van der Waals surface area contributed by atoms with E-state index >= 15 is 0 Å². The van der Waals surface area contributed by atoms with E-state index in [1.54, 1.807) is 20.1 Å². The van der Waals surface area contributed by atoms with Crippen LogP contribution in [0.15, 0.2) is 15.1 Å². The number of oxazole rings is 1. The maximum absolute atomic E-state index is 5.33. The van der Waals surface area contributed by atoms with Crippen molar-refractivity contribution in [2.75, 3.05) is 7.11 Å². The number of ether oxygens (including phenoxy) is 1. The number of pyridine rings is 1. The van der Waals surface area contributed by atoms with Crippen molar-refractivity contribution in [2.45, 2.75) is 6.92 Å². The summed E-state index contributed by atoms with van der Waals surface area (Å²) in [5.74, 6) is 1.08. The molecule has 0 fully saturated rings. The maximum atomic E-state index is 5.33. The quantitative estimate of drug-likeness (QED) is 0.721. The predicted molar refractivity (Wildman–Crippen MR) is 50.8 cm³/mol. The second kappa shape index (κ2) is 2.99. The molecule has 2 rings (SSSR count). The van der Waals surface area contributed by atoms with Gasteiger partial charge in [-0.05, 0) is 15.9 Å². The molecule has 4 nitrogen and oxygen atoms in total. The van der Waals surface area contributed by atoms with Gasteiger partial charge in [0, 0.05) is 13.0 Å². The van der Waals surface area contributed by atoms with E-state index in [1.807, 2.05) is 0 Å². The molecule has 0 saturated heterocycles. The zero-order valence-corrected chi connectivity index (χ0v) is 8.75. The Balaban J connectivity index is 2.80. The Morgan fingerprint density at radius 1 is 1.46 bits per heavy atom. The van der Waals surface area contributed by atoms with Crippen LogP contribution in [0.2, 0.25) is 0 Å². The first-order chi connectivity index (χ1) is 6.20. The van der Waals surface area contributed by atoms with E-state index in [-0.39, 0.29) is 0 Å². The zero-order valence-electron chi connectivity index (χ0n) is 7.17. The number of aryl methyl sites for hydroxylation is 1. The van der Waals surface area contributed by atoms with Gasteiger partial charge < -0.3 is 9.15 Å². The van der Waals surface area contributed by atoms with Crippen LogP contribution in [0, 0.1) is 6.92 Å². The minimum Gasteiger partial charge on any atom is -0.479 e. The third-order valence-electron chi connectivity index (χ3n) is 1.61. The highest BCUT2D eigenvalue weighted by atomic mass is 79.9. The average molecular weight is 243 g/mol. The lowest BCUT2D eigenvalue weighted by atomic mass is 10.4. The van der Waals surface area contributed by atoms with Crippen LogP contribution < -0.4 is 4.74 Å². The fraction of sp³-hybridized carbons (Fsp3) is 0.250. The van der Waals surface area contributed by atoms with Crippen LogP contribution in [0.4, 0.5) is 0 Å². The monoisotopic (exact) mass is 242 g/mol. The van der Waals surface area contributed by atoms with Gasteiger partial charge in [-0.3, -0.25) is 0 Å². The van der Waals surface area contributed by atoms with Crippen molar-refractivity contribution >= 4 is 27.0 Å². The van der Waals surface area contributed by atoms with Gasteiger partial charge in [0.05, 0.1) is 7.11 Å². The summed E-state index contributed by atoms with van der Waals surface area (Å²) in [6, 6.07) is 1.76. The third-order valence-corrected chi connectivity index (χ3v) is 2.02. The molecule has 13 heavy (non-hydrogen) atoms. The molecule has 0 amide bonds. The van der Waals surface area contributed by atoms with Crippen molar-refractivity contribution < 1.29 is 9.15 Å². The number of aromatic nitrogens is 2. The molecule has 0 N–H and O–H groups in total. The standard InChI is InChI=1S/C8H7BrN2O2/c1-4-10-7-5(13-4)3-6(9)11-8(7)12-2/h3H,1-2H3. The molecular formula is C8H7BrN2O2. The molecule has 2 aromatic rings. The lowest BCUT2D eigenvalue weighted by molar-refractivity contribution is 0.401. The number of halogens is 1. The highest BCUT2D eigenvalue weighted by Gasteiger charge is 2.10. The lowest BCUT2D eigenvalue weighted by Gasteiger charge is -1.98. The third kappa shape index (κ3) is 1.39. The van der Waals surface area contributed by atoms with Crippen LogP contribution in [0.5, 0.6) is 5.88 Å². The molecule has 0 saturated carbocycles. The van der Waals surface area contributed by atoms with Crippen LogP contribution in [0.3, 0.4) is 0 Å². The summed E-state index contributed by atoms with van der Waals surface area (Å²) in [7, 11) is 1.55. The van der Waals surface area contributed by atoms with E-state index in [1.165, 1.54) is 0 Å². The Labute approximate surface area is 83.1 Å². The molecule has 0 unspecified atom stereocenters. The van der Waals surface area contributed by atoms with E-state index in [9.17, 15) is 0 Å². The summed E-state index contributed by atoms with van der Waals surface area (Å²) >= 11 is 3.25. The van der Waals surface area contributed by atoms with E-state index in [2.05, 4.69) is 25.9 Å². The summed E-state index contributed by atoms with van der Waals surface area (Å²) in [6.07, 6.45) is 0. The second-order valence-corrected chi connectivity index (χ2v) is 3.35. The van der Waals surface area contributed by atoms with E-state index in [0.29, 0.717) is 27.5 Å². The SMILES string of the molecule is COc1nc(Br)cc2oc(C)nc12. The molecule has 2 aromatic heterocycles. The van der Waals surface area contributed by atoms with Crippen molar-refractivity contribution in [1.29, 1.82) is 0 Å². The van der Waals surface area contributed by atoms with Crippen molar-refractivity contribution in [3.8, 4) is 5.88 Å². The number of rotatable bonds is 1. The van der Waals surface area contributed by atoms with Crippen molar-refractivity contribution in [3.63, 3.8) is 0 Å². The van der Waals surface area contributed by atoms with Crippen LogP contribution in [0.1, 0.15) is 5.89 Å². The van der Waals surface area contributed by atoms with E-state index in [4.69, 9.17) is 9.15 Å². The lowest BCUT2D eigenvalue weighted by Crippen LogP contribution is -1.89. The number of nitrogens with zero attached hydrogens (tertiary/aromatic N) is 2. The summed E-state index contributed by atoms with van der Waals surface area (Å²) in [4.78, 5) is 8.26. The fourth-order valence-electron chi connectivity index (χ4n) is 1.13. The first kappa shape index (κ1) is 8.50. The number of hydrogen-bond acceptors (Lipinski definition) is 4. The molecule has 68 valence electrons. The highest BCUT2D eigenvalue weighted by Crippen LogP contribution is 2.26. The van der Waals surface area contributed by atoms with Crippen LogP contribution >= 0.6 is 15.9 Å². The molecular weight excluding hydrogens is 236 g/mol. The molecule has 0 radical (unpaired) electrons. The first-order valence-electron chi connectivity index (χ1n) is 3.68. The van der Waals surface area contributed by atoms with Gasteiger partial charge in [-0.15, -0.1) is 0 Å². The molecule has 0 aliphatic rings. The smallest absolute Gasteiger partial charge is 0.244 e. The molecule has 0 atom stereocenters. The van der Waals surface area contributed by atoms with E-state index < -0.39 is 0 Å². The summed E-state index contributed by atoms with van der Waals surface area (Å²) in [5.41, 5.74) is 1.33. The Morgan fingerprint density at radius 2 is 2.23 bits per heavy atom.